The van der Waals surface area contributed by atoms with Crippen molar-refractivity contribution in [1.82, 2.24) is 14.6 Å². The van der Waals surface area contributed by atoms with Crippen molar-refractivity contribution in [2.45, 2.75) is 0 Å². The van der Waals surface area contributed by atoms with Gasteiger partial charge >= 0.3 is 5.97 Å². The summed E-state index contributed by atoms with van der Waals surface area (Å²) < 4.78 is 1.26. The predicted molar refractivity (Wildman–Crippen MR) is 45.3 cm³/mol. The minimum atomic E-state index is -1.13. The third kappa shape index (κ3) is 1.13. The number of pyridine rings is 1. The van der Waals surface area contributed by atoms with Gasteiger partial charge in [0.2, 0.25) is 0 Å². The number of nitrogens with zero attached hydrogens (tertiary/aromatic N) is 3. The maximum absolute atomic E-state index is 10.8. The number of aldehydes is 1. The van der Waals surface area contributed by atoms with Crippen LogP contribution in [0.5, 0.6) is 0 Å². The highest BCUT2D eigenvalue weighted by molar-refractivity contribution is 5.96. The van der Waals surface area contributed by atoms with Gasteiger partial charge < -0.3 is 5.11 Å². The first-order valence-electron chi connectivity index (χ1n) is 3.74. The van der Waals surface area contributed by atoms with Crippen LogP contribution in [0.4, 0.5) is 0 Å². The number of aromatic nitrogens is 3. The molecule has 0 aliphatic heterocycles. The lowest BCUT2D eigenvalue weighted by atomic mass is 10.2. The molecule has 0 unspecified atom stereocenters. The second-order valence-corrected chi connectivity index (χ2v) is 2.64. The summed E-state index contributed by atoms with van der Waals surface area (Å²) in [5.41, 5.74) is 0.440. The zero-order chi connectivity index (χ0) is 10.1. The minimum Gasteiger partial charge on any atom is -0.478 e. The average molecular weight is 191 g/mol. The highest BCUT2D eigenvalue weighted by Gasteiger charge is 2.12. The Bertz CT molecular complexity index is 518. The molecular formula is C8H5N3O3. The second-order valence-electron chi connectivity index (χ2n) is 2.64. The van der Waals surface area contributed by atoms with E-state index >= 15 is 0 Å². The van der Waals surface area contributed by atoms with Gasteiger partial charge in [0.15, 0.2) is 11.9 Å². The van der Waals surface area contributed by atoms with Crippen molar-refractivity contribution >= 4 is 17.9 Å². The summed E-state index contributed by atoms with van der Waals surface area (Å²) in [5, 5.41) is 12.6. The Hall–Kier alpha value is -2.24. The molecule has 2 aromatic rings. The summed E-state index contributed by atoms with van der Waals surface area (Å²) in [6, 6.07) is 1.26. The van der Waals surface area contributed by atoms with E-state index in [2.05, 4.69) is 10.1 Å². The zero-order valence-corrected chi connectivity index (χ0v) is 6.91. The summed E-state index contributed by atoms with van der Waals surface area (Å²) in [6.45, 7) is 0. The zero-order valence-electron chi connectivity index (χ0n) is 6.91. The highest BCUT2D eigenvalue weighted by Crippen LogP contribution is 2.09. The SMILES string of the molecule is O=Cc1cc(C(=O)O)c2ncnn2c1. The van der Waals surface area contributed by atoms with E-state index in [-0.39, 0.29) is 16.8 Å². The second kappa shape index (κ2) is 2.91. The molecule has 0 bridgehead atoms. The Balaban J connectivity index is 2.83. The van der Waals surface area contributed by atoms with Crippen LogP contribution in [0.2, 0.25) is 0 Å². The van der Waals surface area contributed by atoms with E-state index in [1.54, 1.807) is 0 Å². The van der Waals surface area contributed by atoms with Gasteiger partial charge in [-0.2, -0.15) is 5.10 Å². The van der Waals surface area contributed by atoms with Gasteiger partial charge in [-0.3, -0.25) is 4.79 Å². The summed E-state index contributed by atoms with van der Waals surface area (Å²) in [6.07, 6.45) is 3.21. The molecule has 6 nitrogen and oxygen atoms in total. The Morgan fingerprint density at radius 1 is 1.57 bits per heavy atom. The normalized spacial score (nSPS) is 10.3. The molecule has 14 heavy (non-hydrogen) atoms. The molecule has 0 radical (unpaired) electrons. The minimum absolute atomic E-state index is 0.0351. The summed E-state index contributed by atoms with van der Waals surface area (Å²) >= 11 is 0. The molecule has 0 aliphatic rings. The molecule has 2 aromatic heterocycles. The standard InChI is InChI=1S/C8H5N3O3/c12-3-5-1-6(8(13)14)7-9-4-10-11(7)2-5/h1-4H,(H,13,14). The molecule has 0 aromatic carbocycles. The van der Waals surface area contributed by atoms with Crippen molar-refractivity contribution in [1.29, 1.82) is 0 Å². The molecule has 0 spiro atoms. The van der Waals surface area contributed by atoms with Gasteiger partial charge in [0.05, 0.1) is 0 Å². The molecular weight excluding hydrogens is 186 g/mol. The fraction of sp³-hybridized carbons (Fsp3) is 0. The average Bonchev–Trinajstić information content (AvgIpc) is 2.63. The lowest BCUT2D eigenvalue weighted by molar-refractivity contribution is 0.0698. The van der Waals surface area contributed by atoms with Crippen molar-refractivity contribution in [3.63, 3.8) is 0 Å². The summed E-state index contributed by atoms with van der Waals surface area (Å²) in [7, 11) is 0. The molecule has 0 atom stereocenters. The van der Waals surface area contributed by atoms with Gasteiger partial charge in [0.25, 0.3) is 0 Å². The lowest BCUT2D eigenvalue weighted by Crippen LogP contribution is -2.03. The van der Waals surface area contributed by atoms with Crippen LogP contribution in [0, 0.1) is 0 Å². The quantitative estimate of drug-likeness (QED) is 0.687. The molecule has 0 saturated carbocycles. The Morgan fingerprint density at radius 3 is 3.00 bits per heavy atom. The third-order valence-corrected chi connectivity index (χ3v) is 1.76. The van der Waals surface area contributed by atoms with Crippen LogP contribution < -0.4 is 0 Å². The fourth-order valence-corrected chi connectivity index (χ4v) is 1.17. The smallest absolute Gasteiger partial charge is 0.339 e. The molecule has 0 aliphatic carbocycles. The van der Waals surface area contributed by atoms with Gasteiger partial charge in [0.1, 0.15) is 11.9 Å². The van der Waals surface area contributed by atoms with E-state index in [9.17, 15) is 9.59 Å². The van der Waals surface area contributed by atoms with Crippen LogP contribution in [0.1, 0.15) is 20.7 Å². The number of aromatic carboxylic acids is 1. The van der Waals surface area contributed by atoms with E-state index in [1.807, 2.05) is 0 Å². The van der Waals surface area contributed by atoms with Crippen molar-refractivity contribution in [3.8, 4) is 0 Å². The summed E-state index contributed by atoms with van der Waals surface area (Å²) in [5.74, 6) is -1.13. The molecule has 70 valence electrons. The van der Waals surface area contributed by atoms with E-state index in [0.717, 1.165) is 0 Å². The van der Waals surface area contributed by atoms with E-state index in [4.69, 9.17) is 5.11 Å². The number of hydrogen-bond acceptors (Lipinski definition) is 4. The monoisotopic (exact) mass is 191 g/mol. The molecule has 6 heteroatoms. The van der Waals surface area contributed by atoms with Gasteiger partial charge in [0, 0.05) is 11.8 Å². The highest BCUT2D eigenvalue weighted by atomic mass is 16.4. The molecule has 2 rings (SSSR count). The first kappa shape index (κ1) is 8.36. The van der Waals surface area contributed by atoms with E-state index in [0.29, 0.717) is 6.29 Å². The van der Waals surface area contributed by atoms with Crippen LogP contribution in [0.25, 0.3) is 5.65 Å². The number of carboxylic acids is 1. The van der Waals surface area contributed by atoms with Crippen LogP contribution in [-0.2, 0) is 0 Å². The van der Waals surface area contributed by atoms with Crippen molar-refractivity contribution in [3.05, 3.63) is 29.7 Å². The van der Waals surface area contributed by atoms with Crippen LogP contribution in [-0.4, -0.2) is 32.0 Å². The van der Waals surface area contributed by atoms with Crippen LogP contribution in [0.15, 0.2) is 18.6 Å². The molecule has 0 saturated heterocycles. The molecule has 1 N–H and O–H groups in total. The largest absolute Gasteiger partial charge is 0.478 e. The van der Waals surface area contributed by atoms with E-state index in [1.165, 1.54) is 23.1 Å². The van der Waals surface area contributed by atoms with Crippen LogP contribution in [0.3, 0.4) is 0 Å². The van der Waals surface area contributed by atoms with Gasteiger partial charge in [-0.25, -0.2) is 14.3 Å². The Labute approximate surface area is 77.8 Å². The van der Waals surface area contributed by atoms with Gasteiger partial charge in [-0.15, -0.1) is 0 Å². The first-order valence-corrected chi connectivity index (χ1v) is 3.74. The molecule has 2 heterocycles. The molecule has 0 fully saturated rings. The third-order valence-electron chi connectivity index (χ3n) is 1.76. The van der Waals surface area contributed by atoms with E-state index < -0.39 is 5.97 Å². The first-order chi connectivity index (χ1) is 6.72. The molecule has 0 amide bonds. The Morgan fingerprint density at radius 2 is 2.36 bits per heavy atom. The number of fused-ring (bicyclic) bond motifs is 1. The van der Waals surface area contributed by atoms with Gasteiger partial charge in [-0.05, 0) is 6.07 Å². The van der Waals surface area contributed by atoms with Crippen molar-refractivity contribution < 1.29 is 14.7 Å². The fourth-order valence-electron chi connectivity index (χ4n) is 1.17. The number of carboxylic acid groups (broad SMARTS) is 1. The lowest BCUT2D eigenvalue weighted by Gasteiger charge is -1.98. The maximum Gasteiger partial charge on any atom is 0.339 e. The maximum atomic E-state index is 10.8. The number of carbonyl (C=O) groups excluding carboxylic acids is 1. The van der Waals surface area contributed by atoms with Crippen LogP contribution >= 0.6 is 0 Å². The summed E-state index contributed by atoms with van der Waals surface area (Å²) in [4.78, 5) is 25.0. The number of hydrogen-bond donors (Lipinski definition) is 1. The topological polar surface area (TPSA) is 84.6 Å². The Kier molecular flexibility index (Phi) is 1.74. The number of carbonyl (C=O) groups is 2. The van der Waals surface area contributed by atoms with Crippen molar-refractivity contribution in [2.24, 2.45) is 0 Å². The van der Waals surface area contributed by atoms with Gasteiger partial charge in [-0.1, -0.05) is 0 Å². The number of rotatable bonds is 2. The van der Waals surface area contributed by atoms with Crippen molar-refractivity contribution in [2.75, 3.05) is 0 Å². The predicted octanol–water partition coefficient (Wildman–Crippen LogP) is 0.240.